The van der Waals surface area contributed by atoms with E-state index in [0.717, 1.165) is 5.75 Å². The highest BCUT2D eigenvalue weighted by Gasteiger charge is 2.35. The van der Waals surface area contributed by atoms with E-state index in [2.05, 4.69) is 4.98 Å². The molecule has 0 amide bonds. The molecule has 1 aliphatic rings. The van der Waals surface area contributed by atoms with E-state index in [9.17, 15) is 8.42 Å². The normalized spacial score (nSPS) is 26.2. The van der Waals surface area contributed by atoms with Crippen molar-refractivity contribution in [2.75, 3.05) is 12.3 Å². The topological polar surface area (TPSA) is 50.3 Å². The van der Waals surface area contributed by atoms with Crippen LogP contribution in [0.3, 0.4) is 0 Å². The van der Waals surface area contributed by atoms with Crippen molar-refractivity contribution in [3.63, 3.8) is 0 Å². The summed E-state index contributed by atoms with van der Waals surface area (Å²) in [6, 6.07) is 1.46. The summed E-state index contributed by atoms with van der Waals surface area (Å²) in [6.07, 6.45) is 2.80. The van der Waals surface area contributed by atoms with E-state index in [-0.39, 0.29) is 21.2 Å². The van der Waals surface area contributed by atoms with Crippen LogP contribution in [-0.2, 0) is 10.0 Å². The van der Waals surface area contributed by atoms with E-state index in [1.165, 1.54) is 22.8 Å². The summed E-state index contributed by atoms with van der Waals surface area (Å²) >= 11 is 7.75. The zero-order valence-corrected chi connectivity index (χ0v) is 12.6. The first-order valence-corrected chi connectivity index (χ1v) is 8.54. The number of halogens is 1. The molecule has 2 atom stereocenters. The Bertz CT molecular complexity index is 536. The van der Waals surface area contributed by atoms with Crippen LogP contribution in [0.5, 0.6) is 0 Å². The molecule has 0 radical (unpaired) electrons. The van der Waals surface area contributed by atoms with Gasteiger partial charge in [0.2, 0.25) is 10.0 Å². The number of pyridine rings is 1. The highest BCUT2D eigenvalue weighted by molar-refractivity contribution is 8.00. The van der Waals surface area contributed by atoms with Crippen LogP contribution in [0.1, 0.15) is 13.8 Å². The molecule has 100 valence electrons. The quantitative estimate of drug-likeness (QED) is 0.841. The van der Waals surface area contributed by atoms with Gasteiger partial charge in [0.05, 0.1) is 5.02 Å². The van der Waals surface area contributed by atoms with E-state index in [1.807, 2.05) is 13.8 Å². The Labute approximate surface area is 117 Å². The summed E-state index contributed by atoms with van der Waals surface area (Å²) in [6.45, 7) is 4.49. The highest BCUT2D eigenvalue weighted by Crippen LogP contribution is 2.31. The van der Waals surface area contributed by atoms with E-state index in [4.69, 9.17) is 11.6 Å². The molecule has 2 rings (SSSR count). The van der Waals surface area contributed by atoms with Crippen molar-refractivity contribution < 1.29 is 8.42 Å². The number of aromatic nitrogens is 1. The molecule has 1 saturated heterocycles. The Hall–Kier alpha value is -0.300. The molecule has 0 spiro atoms. The SMILES string of the molecule is CC1SCCN(S(=O)(=O)c2cnccc2Cl)C1C. The average Bonchev–Trinajstić information content (AvgIpc) is 2.32. The zero-order valence-electron chi connectivity index (χ0n) is 10.2. The van der Waals surface area contributed by atoms with Gasteiger partial charge in [-0.05, 0) is 13.0 Å². The van der Waals surface area contributed by atoms with Crippen LogP contribution >= 0.6 is 23.4 Å². The number of nitrogens with zero attached hydrogens (tertiary/aromatic N) is 2. The first kappa shape index (κ1) is 14.1. The molecule has 1 aliphatic heterocycles. The summed E-state index contributed by atoms with van der Waals surface area (Å²) in [4.78, 5) is 3.95. The van der Waals surface area contributed by atoms with Crippen LogP contribution in [0.4, 0.5) is 0 Å². The van der Waals surface area contributed by atoms with Gasteiger partial charge in [0, 0.05) is 36.0 Å². The molecular weight excluding hydrogens is 292 g/mol. The number of sulfonamides is 1. The predicted octanol–water partition coefficient (Wildman–Crippen LogP) is 2.25. The minimum Gasteiger partial charge on any atom is -0.263 e. The summed E-state index contributed by atoms with van der Waals surface area (Å²) in [5.74, 6) is 0.808. The van der Waals surface area contributed by atoms with Crippen molar-refractivity contribution >= 4 is 33.4 Å². The summed E-state index contributed by atoms with van der Waals surface area (Å²) < 4.78 is 26.6. The van der Waals surface area contributed by atoms with Crippen molar-refractivity contribution in [2.45, 2.75) is 30.0 Å². The molecule has 18 heavy (non-hydrogen) atoms. The van der Waals surface area contributed by atoms with Gasteiger partial charge in [-0.3, -0.25) is 4.98 Å². The van der Waals surface area contributed by atoms with Crippen molar-refractivity contribution in [1.29, 1.82) is 0 Å². The fourth-order valence-electron chi connectivity index (χ4n) is 1.92. The van der Waals surface area contributed by atoms with Crippen LogP contribution < -0.4 is 0 Å². The first-order valence-electron chi connectivity index (χ1n) is 5.67. The third kappa shape index (κ3) is 2.52. The molecule has 0 aromatic carbocycles. The largest absolute Gasteiger partial charge is 0.263 e. The molecule has 4 nitrogen and oxygen atoms in total. The average molecular weight is 307 g/mol. The van der Waals surface area contributed by atoms with Gasteiger partial charge in [-0.1, -0.05) is 18.5 Å². The molecule has 1 aromatic heterocycles. The van der Waals surface area contributed by atoms with Gasteiger partial charge < -0.3 is 0 Å². The number of rotatable bonds is 2. The van der Waals surface area contributed by atoms with Gasteiger partial charge in [-0.25, -0.2) is 8.42 Å². The summed E-state index contributed by atoms with van der Waals surface area (Å²) in [5, 5.41) is 0.507. The lowest BCUT2D eigenvalue weighted by Crippen LogP contribution is -2.47. The Balaban J connectivity index is 2.40. The third-order valence-electron chi connectivity index (χ3n) is 3.15. The standard InChI is InChI=1S/C11H15ClN2O2S2/c1-8-9(2)17-6-5-14(8)18(15,16)11-7-13-4-3-10(11)12/h3-4,7-9H,5-6H2,1-2H3. The molecule has 1 aromatic rings. The number of hydrogen-bond donors (Lipinski definition) is 0. The minimum atomic E-state index is -3.55. The highest BCUT2D eigenvalue weighted by atomic mass is 35.5. The molecule has 0 aliphatic carbocycles. The lowest BCUT2D eigenvalue weighted by Gasteiger charge is -2.36. The third-order valence-corrected chi connectivity index (χ3v) is 6.94. The molecule has 1 fully saturated rings. The predicted molar refractivity (Wildman–Crippen MR) is 74.5 cm³/mol. The molecular formula is C11H15ClN2O2S2. The summed E-state index contributed by atoms with van der Waals surface area (Å²) in [7, 11) is -3.55. The molecule has 0 bridgehead atoms. The van der Waals surface area contributed by atoms with Gasteiger partial charge in [0.1, 0.15) is 4.90 Å². The molecule has 2 heterocycles. The lowest BCUT2D eigenvalue weighted by atomic mass is 10.2. The molecule has 0 N–H and O–H groups in total. The number of thioether (sulfide) groups is 1. The number of hydrogen-bond acceptors (Lipinski definition) is 4. The lowest BCUT2D eigenvalue weighted by molar-refractivity contribution is 0.340. The van der Waals surface area contributed by atoms with Crippen LogP contribution in [-0.4, -0.2) is 41.3 Å². The monoisotopic (exact) mass is 306 g/mol. The van der Waals surface area contributed by atoms with Gasteiger partial charge >= 0.3 is 0 Å². The maximum atomic E-state index is 12.6. The smallest absolute Gasteiger partial charge is 0.246 e. The van der Waals surface area contributed by atoms with Crippen molar-refractivity contribution in [1.82, 2.24) is 9.29 Å². The van der Waals surface area contributed by atoms with E-state index in [1.54, 1.807) is 11.8 Å². The second-order valence-corrected chi connectivity index (χ2v) is 7.99. The van der Waals surface area contributed by atoms with E-state index in [0.29, 0.717) is 6.54 Å². The van der Waals surface area contributed by atoms with Crippen molar-refractivity contribution in [3.8, 4) is 0 Å². The van der Waals surface area contributed by atoms with Gasteiger partial charge in [-0.2, -0.15) is 16.1 Å². The van der Waals surface area contributed by atoms with Gasteiger partial charge in [-0.15, -0.1) is 0 Å². The Morgan fingerprint density at radius 3 is 2.89 bits per heavy atom. The fourth-order valence-corrected chi connectivity index (χ4v) is 5.33. The van der Waals surface area contributed by atoms with E-state index < -0.39 is 10.0 Å². The van der Waals surface area contributed by atoms with Crippen molar-refractivity contribution in [3.05, 3.63) is 23.5 Å². The van der Waals surface area contributed by atoms with Gasteiger partial charge in [0.25, 0.3) is 0 Å². The molecule has 7 heteroatoms. The second kappa shape index (κ2) is 5.36. The maximum Gasteiger partial charge on any atom is 0.246 e. The van der Waals surface area contributed by atoms with Gasteiger partial charge in [0.15, 0.2) is 0 Å². The Morgan fingerprint density at radius 2 is 2.22 bits per heavy atom. The van der Waals surface area contributed by atoms with Crippen LogP contribution in [0, 0.1) is 0 Å². The Kier molecular flexibility index (Phi) is 4.21. The van der Waals surface area contributed by atoms with Crippen molar-refractivity contribution in [2.24, 2.45) is 0 Å². The maximum absolute atomic E-state index is 12.6. The molecule has 0 saturated carbocycles. The Morgan fingerprint density at radius 1 is 1.50 bits per heavy atom. The fraction of sp³-hybridized carbons (Fsp3) is 0.545. The zero-order chi connectivity index (χ0) is 13.3. The minimum absolute atomic E-state index is 0.0370. The first-order chi connectivity index (χ1) is 8.44. The van der Waals surface area contributed by atoms with Crippen LogP contribution in [0.15, 0.2) is 23.4 Å². The second-order valence-electron chi connectivity index (χ2n) is 4.24. The van der Waals surface area contributed by atoms with Crippen LogP contribution in [0.2, 0.25) is 5.02 Å². The summed E-state index contributed by atoms with van der Waals surface area (Å²) in [5.41, 5.74) is 0. The molecule has 2 unspecified atom stereocenters. The van der Waals surface area contributed by atoms with Crippen LogP contribution in [0.25, 0.3) is 0 Å². The van der Waals surface area contributed by atoms with E-state index >= 15 is 0 Å².